The van der Waals surface area contributed by atoms with Gasteiger partial charge in [-0.1, -0.05) is 0 Å². The molecule has 2 heterocycles. The molecule has 0 bridgehead atoms. The summed E-state index contributed by atoms with van der Waals surface area (Å²) >= 11 is 0. The first-order valence-corrected chi connectivity index (χ1v) is 7.13. The molecule has 1 aliphatic rings. The third-order valence-corrected chi connectivity index (χ3v) is 3.44. The number of rotatable bonds is 3. The van der Waals surface area contributed by atoms with Crippen LogP contribution >= 0.6 is 0 Å². The van der Waals surface area contributed by atoms with Gasteiger partial charge >= 0.3 is 6.09 Å². The highest BCUT2D eigenvalue weighted by Gasteiger charge is 2.38. The zero-order valence-corrected chi connectivity index (χ0v) is 13.4. The molecule has 1 saturated heterocycles. The van der Waals surface area contributed by atoms with Gasteiger partial charge in [-0.15, -0.1) is 10.2 Å². The highest BCUT2D eigenvalue weighted by molar-refractivity contribution is 5.68. The zero-order chi connectivity index (χ0) is 15.7. The minimum Gasteiger partial charge on any atom is -0.444 e. The minimum atomic E-state index is -0.477. The topological polar surface area (TPSA) is 69.5 Å². The predicted molar refractivity (Wildman–Crippen MR) is 76.6 cm³/mol. The van der Waals surface area contributed by atoms with E-state index in [1.165, 1.54) is 0 Å². The maximum absolute atomic E-state index is 12.1. The molecule has 1 aromatic rings. The second kappa shape index (κ2) is 5.63. The van der Waals surface area contributed by atoms with Crippen molar-refractivity contribution < 1.29 is 14.3 Å². The fourth-order valence-corrected chi connectivity index (χ4v) is 2.21. The summed E-state index contributed by atoms with van der Waals surface area (Å²) in [6.45, 7) is 9.16. The lowest BCUT2D eigenvalue weighted by Gasteiger charge is -2.27. The van der Waals surface area contributed by atoms with Gasteiger partial charge in [0.2, 0.25) is 0 Å². The third kappa shape index (κ3) is 4.17. The third-order valence-electron chi connectivity index (χ3n) is 3.44. The second-order valence-electron chi connectivity index (χ2n) is 6.75. The van der Waals surface area contributed by atoms with Gasteiger partial charge in [-0.3, -0.25) is 0 Å². The van der Waals surface area contributed by atoms with Crippen molar-refractivity contribution in [3.05, 3.63) is 12.2 Å². The first-order valence-electron chi connectivity index (χ1n) is 7.13. The van der Waals surface area contributed by atoms with Crippen LogP contribution in [0, 0.1) is 0 Å². The largest absolute Gasteiger partial charge is 0.444 e. The van der Waals surface area contributed by atoms with Crippen LogP contribution in [0.3, 0.4) is 0 Å². The molecule has 2 rings (SSSR count). The first-order chi connectivity index (χ1) is 9.69. The van der Waals surface area contributed by atoms with Gasteiger partial charge in [0.25, 0.3) is 0 Å². The Bertz CT molecular complexity index is 509. The highest BCUT2D eigenvalue weighted by atomic mass is 16.6. The van der Waals surface area contributed by atoms with Crippen molar-refractivity contribution in [1.82, 2.24) is 19.7 Å². The van der Waals surface area contributed by atoms with Crippen LogP contribution in [0.25, 0.3) is 0 Å². The van der Waals surface area contributed by atoms with Crippen LogP contribution in [0.4, 0.5) is 4.79 Å². The molecule has 7 nitrogen and oxygen atoms in total. The molecule has 0 aromatic carbocycles. The molecule has 21 heavy (non-hydrogen) atoms. The lowest BCUT2D eigenvalue weighted by atomic mass is 10.1. The number of amides is 1. The lowest BCUT2D eigenvalue weighted by Crippen LogP contribution is -2.39. The van der Waals surface area contributed by atoms with E-state index in [4.69, 9.17) is 9.47 Å². The SMILES string of the molecule is Cn1cnnc1COC1(C)CCN(C(=O)OC(C)(C)C)C1. The Hall–Kier alpha value is -1.63. The number of hydrogen-bond donors (Lipinski definition) is 0. The van der Waals surface area contributed by atoms with Gasteiger partial charge in [0.05, 0.1) is 12.1 Å². The number of carbonyl (C=O) groups is 1. The van der Waals surface area contributed by atoms with Crippen molar-refractivity contribution in [2.24, 2.45) is 7.05 Å². The van der Waals surface area contributed by atoms with E-state index in [9.17, 15) is 4.79 Å². The number of hydrogen-bond acceptors (Lipinski definition) is 5. The smallest absolute Gasteiger partial charge is 0.410 e. The summed E-state index contributed by atoms with van der Waals surface area (Å²) < 4.78 is 13.2. The van der Waals surface area contributed by atoms with Crippen LogP contribution in [-0.2, 0) is 23.1 Å². The zero-order valence-electron chi connectivity index (χ0n) is 13.4. The number of likely N-dealkylation sites (tertiary alicyclic amines) is 1. The molecular formula is C14H24N4O3. The van der Waals surface area contributed by atoms with E-state index in [-0.39, 0.29) is 11.7 Å². The minimum absolute atomic E-state index is 0.284. The van der Waals surface area contributed by atoms with E-state index in [0.717, 1.165) is 12.2 Å². The summed E-state index contributed by atoms with van der Waals surface area (Å²) in [7, 11) is 1.88. The van der Waals surface area contributed by atoms with E-state index in [1.54, 1.807) is 11.2 Å². The van der Waals surface area contributed by atoms with Crippen molar-refractivity contribution >= 4 is 6.09 Å². The monoisotopic (exact) mass is 296 g/mol. The van der Waals surface area contributed by atoms with E-state index < -0.39 is 5.60 Å². The Morgan fingerprint density at radius 1 is 1.48 bits per heavy atom. The molecule has 0 aliphatic carbocycles. The van der Waals surface area contributed by atoms with Gasteiger partial charge < -0.3 is 18.9 Å². The molecule has 0 spiro atoms. The summed E-state index contributed by atoms with van der Waals surface area (Å²) in [4.78, 5) is 13.8. The van der Waals surface area contributed by atoms with E-state index in [1.807, 2.05) is 39.3 Å². The van der Waals surface area contributed by atoms with Crippen LogP contribution in [0.5, 0.6) is 0 Å². The average Bonchev–Trinajstić information content (AvgIpc) is 2.92. The van der Waals surface area contributed by atoms with Crippen LogP contribution < -0.4 is 0 Å². The van der Waals surface area contributed by atoms with Crippen LogP contribution in [0.1, 0.15) is 39.9 Å². The van der Waals surface area contributed by atoms with E-state index in [0.29, 0.717) is 19.7 Å². The van der Waals surface area contributed by atoms with Gasteiger partial charge in [-0.25, -0.2) is 4.79 Å². The number of ether oxygens (including phenoxy) is 2. The summed E-state index contributed by atoms with van der Waals surface area (Å²) in [6, 6.07) is 0. The van der Waals surface area contributed by atoms with Crippen molar-refractivity contribution in [3.8, 4) is 0 Å². The Balaban J connectivity index is 1.88. The summed E-state index contributed by atoms with van der Waals surface area (Å²) in [5, 5.41) is 7.81. The van der Waals surface area contributed by atoms with E-state index >= 15 is 0 Å². The van der Waals surface area contributed by atoms with E-state index in [2.05, 4.69) is 10.2 Å². The number of aromatic nitrogens is 3. The fourth-order valence-electron chi connectivity index (χ4n) is 2.21. The van der Waals surface area contributed by atoms with Crippen LogP contribution in [0.2, 0.25) is 0 Å². The molecule has 1 atom stereocenters. The summed E-state index contributed by atoms with van der Waals surface area (Å²) in [6.07, 6.45) is 2.14. The van der Waals surface area contributed by atoms with Gasteiger partial charge in [0, 0.05) is 13.6 Å². The van der Waals surface area contributed by atoms with Crippen molar-refractivity contribution in [3.63, 3.8) is 0 Å². The van der Waals surface area contributed by atoms with Crippen molar-refractivity contribution in [2.75, 3.05) is 13.1 Å². The van der Waals surface area contributed by atoms with Crippen LogP contribution in [0.15, 0.2) is 6.33 Å². The molecule has 118 valence electrons. The number of nitrogens with zero attached hydrogens (tertiary/aromatic N) is 4. The molecule has 1 aliphatic heterocycles. The maximum atomic E-state index is 12.1. The Labute approximate surface area is 125 Å². The molecule has 0 N–H and O–H groups in total. The van der Waals surface area contributed by atoms with Crippen LogP contribution in [-0.4, -0.2) is 50.0 Å². The lowest BCUT2D eigenvalue weighted by molar-refractivity contribution is -0.0408. The van der Waals surface area contributed by atoms with Gasteiger partial charge in [0.1, 0.15) is 18.5 Å². The molecule has 1 aromatic heterocycles. The maximum Gasteiger partial charge on any atom is 0.410 e. The highest BCUT2D eigenvalue weighted by Crippen LogP contribution is 2.27. The number of carbonyl (C=O) groups excluding carboxylic acids is 1. The second-order valence-corrected chi connectivity index (χ2v) is 6.75. The van der Waals surface area contributed by atoms with Gasteiger partial charge in [0.15, 0.2) is 5.82 Å². The quantitative estimate of drug-likeness (QED) is 0.849. The average molecular weight is 296 g/mol. The molecule has 1 unspecified atom stereocenters. The van der Waals surface area contributed by atoms with Crippen molar-refractivity contribution in [2.45, 2.75) is 51.9 Å². The normalized spacial score (nSPS) is 22.6. The molecule has 1 amide bonds. The summed E-state index contributed by atoms with van der Waals surface area (Å²) in [5.74, 6) is 0.770. The standard InChI is InChI=1S/C14H24N4O3/c1-13(2,3)21-12(19)18-7-6-14(4,9-18)20-8-11-16-15-10-17(11)5/h10H,6-9H2,1-5H3. The van der Waals surface area contributed by atoms with Gasteiger partial charge in [-0.2, -0.15) is 0 Å². The van der Waals surface area contributed by atoms with Gasteiger partial charge in [-0.05, 0) is 34.1 Å². The molecule has 1 fully saturated rings. The Kier molecular flexibility index (Phi) is 4.22. The Morgan fingerprint density at radius 3 is 2.76 bits per heavy atom. The molecule has 0 radical (unpaired) electrons. The predicted octanol–water partition coefficient (Wildman–Crippen LogP) is 1.73. The fraction of sp³-hybridized carbons (Fsp3) is 0.786. The summed E-state index contributed by atoms with van der Waals surface area (Å²) in [5.41, 5.74) is -0.849. The molecule has 7 heteroatoms. The van der Waals surface area contributed by atoms with Crippen molar-refractivity contribution in [1.29, 1.82) is 0 Å². The number of aryl methyl sites for hydroxylation is 1. The first kappa shape index (κ1) is 15.8. The molecule has 0 saturated carbocycles. The Morgan fingerprint density at radius 2 is 2.19 bits per heavy atom. The molecular weight excluding hydrogens is 272 g/mol.